The highest BCUT2D eigenvalue weighted by Gasteiger charge is 2.56. The zero-order chi connectivity index (χ0) is 15.6. The Morgan fingerprint density at radius 3 is 2.30 bits per heavy atom. The summed E-state index contributed by atoms with van der Waals surface area (Å²) in [4.78, 5) is 0. The van der Waals surface area contributed by atoms with Gasteiger partial charge in [0.1, 0.15) is 0 Å². The van der Waals surface area contributed by atoms with Crippen LogP contribution in [-0.2, 0) is 0 Å². The second kappa shape index (κ2) is 6.35. The van der Waals surface area contributed by atoms with Crippen LogP contribution < -0.4 is 0 Å². The van der Waals surface area contributed by atoms with Crippen LogP contribution in [-0.4, -0.2) is 28.1 Å². The third-order valence-electron chi connectivity index (χ3n) is 2.82. The van der Waals surface area contributed by atoms with Gasteiger partial charge in [0.2, 0.25) is 5.60 Å². The topological polar surface area (TPSA) is 40.5 Å². The Balaban J connectivity index is 3.12. The molecule has 1 aromatic rings. The minimum absolute atomic E-state index is 0.181. The standard InChI is InChI=1S/C13H13Cl2F3O2/c1-2-11(19)12(20,13(16,17)18)6-5-8-3-4-9(14)10(15)7-8/h3-7,11,19-20H,2H2,1H3. The lowest BCUT2D eigenvalue weighted by molar-refractivity contribution is -0.268. The van der Waals surface area contributed by atoms with Crippen LogP contribution in [0.15, 0.2) is 24.3 Å². The fraction of sp³-hybridized carbons (Fsp3) is 0.385. The fourth-order valence-electron chi connectivity index (χ4n) is 1.55. The van der Waals surface area contributed by atoms with Crippen molar-refractivity contribution in [3.8, 4) is 0 Å². The number of aliphatic hydroxyl groups excluding tert-OH is 1. The van der Waals surface area contributed by atoms with E-state index in [4.69, 9.17) is 23.2 Å². The monoisotopic (exact) mass is 328 g/mol. The molecule has 2 nitrogen and oxygen atoms in total. The molecule has 1 rings (SSSR count). The number of benzene rings is 1. The lowest BCUT2D eigenvalue weighted by Crippen LogP contribution is -2.52. The van der Waals surface area contributed by atoms with Crippen LogP contribution in [0.25, 0.3) is 6.08 Å². The van der Waals surface area contributed by atoms with Gasteiger partial charge in [0.15, 0.2) is 0 Å². The highest BCUT2D eigenvalue weighted by Crippen LogP contribution is 2.36. The summed E-state index contributed by atoms with van der Waals surface area (Å²) in [7, 11) is 0. The van der Waals surface area contributed by atoms with Crippen LogP contribution in [0.2, 0.25) is 10.0 Å². The molecule has 1 aromatic carbocycles. The van der Waals surface area contributed by atoms with E-state index in [2.05, 4.69) is 0 Å². The lowest BCUT2D eigenvalue weighted by atomic mass is 9.92. The number of hydrogen-bond acceptors (Lipinski definition) is 2. The van der Waals surface area contributed by atoms with Gasteiger partial charge in [-0.2, -0.15) is 13.2 Å². The van der Waals surface area contributed by atoms with E-state index in [0.717, 1.165) is 6.08 Å². The maximum atomic E-state index is 12.9. The average Bonchev–Trinajstić information content (AvgIpc) is 2.37. The Morgan fingerprint density at radius 2 is 1.85 bits per heavy atom. The van der Waals surface area contributed by atoms with Crippen molar-refractivity contribution in [2.45, 2.75) is 31.2 Å². The molecule has 7 heteroatoms. The smallest absolute Gasteiger partial charge is 0.389 e. The highest BCUT2D eigenvalue weighted by atomic mass is 35.5. The van der Waals surface area contributed by atoms with Crippen LogP contribution in [0.5, 0.6) is 0 Å². The molecule has 0 aliphatic heterocycles. The predicted octanol–water partition coefficient (Wildman–Crippen LogP) is 4.07. The van der Waals surface area contributed by atoms with E-state index in [-0.39, 0.29) is 16.5 Å². The Bertz CT molecular complexity index is 503. The van der Waals surface area contributed by atoms with Crippen molar-refractivity contribution in [1.29, 1.82) is 0 Å². The first-order valence-electron chi connectivity index (χ1n) is 5.73. The molecule has 0 heterocycles. The molecule has 0 aliphatic rings. The number of hydrogen-bond donors (Lipinski definition) is 2. The molecule has 0 spiro atoms. The number of alkyl halides is 3. The minimum Gasteiger partial charge on any atom is -0.389 e. The molecule has 0 bridgehead atoms. The summed E-state index contributed by atoms with van der Waals surface area (Å²) in [5, 5.41) is 19.5. The van der Waals surface area contributed by atoms with E-state index in [1.165, 1.54) is 25.1 Å². The van der Waals surface area contributed by atoms with Gasteiger partial charge in [-0.3, -0.25) is 0 Å². The normalized spacial score (nSPS) is 17.2. The van der Waals surface area contributed by atoms with Gasteiger partial charge in [0.25, 0.3) is 0 Å². The van der Waals surface area contributed by atoms with Crippen molar-refractivity contribution in [1.82, 2.24) is 0 Å². The molecule has 2 atom stereocenters. The average molecular weight is 329 g/mol. The van der Waals surface area contributed by atoms with Crippen LogP contribution in [0.1, 0.15) is 18.9 Å². The first kappa shape index (κ1) is 17.3. The summed E-state index contributed by atoms with van der Waals surface area (Å²) in [6.07, 6.45) is -5.65. The molecule has 112 valence electrons. The molecule has 20 heavy (non-hydrogen) atoms. The third kappa shape index (κ3) is 3.67. The van der Waals surface area contributed by atoms with Crippen molar-refractivity contribution in [3.63, 3.8) is 0 Å². The molecular formula is C13H13Cl2F3O2. The van der Waals surface area contributed by atoms with Crippen molar-refractivity contribution in [2.75, 3.05) is 0 Å². The molecule has 0 amide bonds. The Hall–Kier alpha value is -0.750. The number of rotatable bonds is 4. The van der Waals surface area contributed by atoms with Gasteiger partial charge < -0.3 is 10.2 Å². The van der Waals surface area contributed by atoms with Gasteiger partial charge in [-0.1, -0.05) is 42.3 Å². The predicted molar refractivity (Wildman–Crippen MR) is 72.8 cm³/mol. The highest BCUT2D eigenvalue weighted by molar-refractivity contribution is 6.42. The van der Waals surface area contributed by atoms with E-state index in [1.54, 1.807) is 0 Å². The van der Waals surface area contributed by atoms with Crippen molar-refractivity contribution in [3.05, 3.63) is 39.9 Å². The van der Waals surface area contributed by atoms with E-state index in [0.29, 0.717) is 11.6 Å². The third-order valence-corrected chi connectivity index (χ3v) is 3.56. The number of halogens is 5. The van der Waals surface area contributed by atoms with Crippen molar-refractivity contribution < 1.29 is 23.4 Å². The molecule has 0 aromatic heterocycles. The summed E-state index contributed by atoms with van der Waals surface area (Å²) < 4.78 is 38.6. The Kier molecular flexibility index (Phi) is 5.49. The van der Waals surface area contributed by atoms with Crippen LogP contribution in [0.3, 0.4) is 0 Å². The largest absolute Gasteiger partial charge is 0.423 e. The van der Waals surface area contributed by atoms with Crippen molar-refractivity contribution >= 4 is 29.3 Å². The second-order valence-corrected chi connectivity index (χ2v) is 5.07. The maximum absolute atomic E-state index is 12.9. The minimum atomic E-state index is -4.99. The zero-order valence-electron chi connectivity index (χ0n) is 10.5. The van der Waals surface area contributed by atoms with E-state index in [1.807, 2.05) is 0 Å². The summed E-state index contributed by atoms with van der Waals surface area (Å²) in [6.45, 7) is 1.34. The molecule has 0 aliphatic carbocycles. The maximum Gasteiger partial charge on any atom is 0.423 e. The first-order chi connectivity index (χ1) is 9.11. The van der Waals surface area contributed by atoms with Crippen molar-refractivity contribution in [2.24, 2.45) is 0 Å². The number of aliphatic hydroxyl groups is 2. The van der Waals surface area contributed by atoms with Crippen LogP contribution >= 0.6 is 23.2 Å². The van der Waals surface area contributed by atoms with Gasteiger partial charge in [-0.05, 0) is 30.2 Å². The molecule has 2 unspecified atom stereocenters. The molecule has 2 N–H and O–H groups in total. The van der Waals surface area contributed by atoms with Crippen LogP contribution in [0.4, 0.5) is 13.2 Å². The molecule has 0 saturated heterocycles. The van der Waals surface area contributed by atoms with Gasteiger partial charge in [0.05, 0.1) is 16.1 Å². The first-order valence-corrected chi connectivity index (χ1v) is 6.49. The van der Waals surface area contributed by atoms with E-state index >= 15 is 0 Å². The summed E-state index contributed by atoms with van der Waals surface area (Å²) in [6, 6.07) is 4.22. The quantitative estimate of drug-likeness (QED) is 0.874. The molecule has 0 fully saturated rings. The summed E-state index contributed by atoms with van der Waals surface area (Å²) in [5.41, 5.74) is -2.99. The van der Waals surface area contributed by atoms with Gasteiger partial charge >= 0.3 is 6.18 Å². The SMILES string of the molecule is CCC(O)C(O)(C=Cc1ccc(Cl)c(Cl)c1)C(F)(F)F. The molecule has 0 radical (unpaired) electrons. The zero-order valence-corrected chi connectivity index (χ0v) is 12.0. The lowest BCUT2D eigenvalue weighted by Gasteiger charge is -2.31. The second-order valence-electron chi connectivity index (χ2n) is 4.25. The van der Waals surface area contributed by atoms with E-state index < -0.39 is 17.9 Å². The van der Waals surface area contributed by atoms with Gasteiger partial charge in [-0.25, -0.2) is 0 Å². The Labute approximate surface area is 124 Å². The van der Waals surface area contributed by atoms with Gasteiger partial charge in [0, 0.05) is 0 Å². The van der Waals surface area contributed by atoms with E-state index in [9.17, 15) is 23.4 Å². The fourth-order valence-corrected chi connectivity index (χ4v) is 1.85. The summed E-state index contributed by atoms with van der Waals surface area (Å²) in [5.74, 6) is 0. The van der Waals surface area contributed by atoms with Gasteiger partial charge in [-0.15, -0.1) is 0 Å². The molecule has 0 saturated carbocycles. The Morgan fingerprint density at radius 1 is 1.25 bits per heavy atom. The summed E-state index contributed by atoms with van der Waals surface area (Å²) >= 11 is 11.4. The van der Waals surface area contributed by atoms with Crippen LogP contribution in [0, 0.1) is 0 Å². The molecular weight excluding hydrogens is 316 g/mol.